The van der Waals surface area contributed by atoms with E-state index in [0.29, 0.717) is 76.1 Å². The highest BCUT2D eigenvalue weighted by atomic mass is 16.6. The molecule has 4 amide bonds. The van der Waals surface area contributed by atoms with E-state index >= 15 is 19.2 Å². The fourth-order valence-electron chi connectivity index (χ4n) is 8.47. The third-order valence-electron chi connectivity index (χ3n) is 11.2. The molecule has 0 unspecified atom stereocenters. The van der Waals surface area contributed by atoms with Gasteiger partial charge in [0.25, 0.3) is 35.0 Å². The molecule has 10 rings (SSSR count). The van der Waals surface area contributed by atoms with Gasteiger partial charge < -0.3 is 30.6 Å². The van der Waals surface area contributed by atoms with E-state index in [1.807, 2.05) is 0 Å². The van der Waals surface area contributed by atoms with Crippen molar-refractivity contribution in [1.29, 1.82) is 0 Å². The van der Waals surface area contributed by atoms with Gasteiger partial charge in [-0.1, -0.05) is 12.1 Å². The lowest BCUT2D eigenvalue weighted by Gasteiger charge is -2.25. The Bertz CT molecular complexity index is 3210. The molecule has 6 N–H and O–H groups in total. The molecule has 4 aromatic carbocycles. The van der Waals surface area contributed by atoms with E-state index < -0.39 is 33.5 Å². The fourth-order valence-corrected chi connectivity index (χ4v) is 8.47. The Balaban J connectivity index is 1.20. The maximum atomic E-state index is 15.2. The van der Waals surface area contributed by atoms with Crippen LogP contribution in [0, 0.1) is 20.2 Å². The third-order valence-corrected chi connectivity index (χ3v) is 11.2. The van der Waals surface area contributed by atoms with Gasteiger partial charge in [0, 0.05) is 129 Å². The van der Waals surface area contributed by atoms with Crippen molar-refractivity contribution in [3.05, 3.63) is 140 Å². The Morgan fingerprint density at radius 1 is 0.500 bits per heavy atom. The molecular weight excluding hydrogens is 773 g/mol. The number of aromatic amines is 2. The number of nitro benzene ring substituents is 2. The maximum absolute atomic E-state index is 15.2. The summed E-state index contributed by atoms with van der Waals surface area (Å²) in [6, 6.07) is 18.1. The minimum atomic E-state index is -1.03. The second kappa shape index (κ2) is 12.3. The van der Waals surface area contributed by atoms with Crippen molar-refractivity contribution in [2.45, 2.75) is 0 Å². The summed E-state index contributed by atoms with van der Waals surface area (Å²) in [6.45, 7) is 0. The van der Waals surface area contributed by atoms with Gasteiger partial charge in [-0.25, -0.2) is 0 Å². The summed E-state index contributed by atoms with van der Waals surface area (Å²) >= 11 is 0. The largest absolute Gasteiger partial charge is 0.399 e. The van der Waals surface area contributed by atoms with E-state index in [1.165, 1.54) is 48.8 Å². The number of fused-ring (bicyclic) bond motifs is 4. The first-order valence-electron chi connectivity index (χ1n) is 18.2. The van der Waals surface area contributed by atoms with Gasteiger partial charge in [0.05, 0.1) is 43.2 Å². The number of anilines is 2. The molecule has 0 bridgehead atoms. The van der Waals surface area contributed by atoms with Gasteiger partial charge in [-0.2, -0.15) is 10.0 Å². The number of nitrogens with one attached hydrogen (secondary N) is 2. The van der Waals surface area contributed by atoms with Crippen molar-refractivity contribution in [2.24, 2.45) is 14.1 Å². The van der Waals surface area contributed by atoms with Crippen LogP contribution in [0.1, 0.15) is 22.3 Å². The highest BCUT2D eigenvalue weighted by Gasteiger charge is 2.53. The molecule has 0 aliphatic carbocycles. The van der Waals surface area contributed by atoms with Gasteiger partial charge in [-0.05, 0) is 36.4 Å². The maximum Gasteiger partial charge on any atom is 0.281 e. The number of carbonyl (C=O) groups excluding carboxylic acids is 4. The number of carbonyl (C=O) groups is 4. The van der Waals surface area contributed by atoms with Crippen LogP contribution in [0.3, 0.4) is 0 Å². The number of H-pyrrole nitrogens is 2. The van der Waals surface area contributed by atoms with Crippen LogP contribution < -0.4 is 11.5 Å². The number of nitrogen functional groups attached to an aromatic ring is 2. The molecule has 6 heterocycles. The Morgan fingerprint density at radius 2 is 0.850 bits per heavy atom. The highest BCUT2D eigenvalue weighted by molar-refractivity contribution is 6.55. The number of nitrogens with zero attached hydrogens (tertiary/aromatic N) is 6. The minimum absolute atomic E-state index is 0.0979. The van der Waals surface area contributed by atoms with E-state index in [4.69, 9.17) is 11.5 Å². The highest BCUT2D eigenvalue weighted by Crippen LogP contribution is 2.47. The lowest BCUT2D eigenvalue weighted by Crippen LogP contribution is -2.51. The Hall–Kier alpha value is -8.80. The Morgan fingerprint density at radius 3 is 1.22 bits per heavy atom. The first kappa shape index (κ1) is 35.6. The van der Waals surface area contributed by atoms with Gasteiger partial charge in [-0.15, -0.1) is 0 Å². The summed E-state index contributed by atoms with van der Waals surface area (Å²) in [4.78, 5) is 89.2. The first-order chi connectivity index (χ1) is 28.7. The lowest BCUT2D eigenvalue weighted by molar-refractivity contribution is -0.384. The summed E-state index contributed by atoms with van der Waals surface area (Å²) in [5.74, 6) is -4.00. The minimum Gasteiger partial charge on any atom is -0.399 e. The van der Waals surface area contributed by atoms with E-state index in [-0.39, 0.29) is 44.8 Å². The molecule has 294 valence electrons. The normalized spacial score (nSPS) is 14.8. The summed E-state index contributed by atoms with van der Waals surface area (Å²) in [5.41, 5.74) is 14.8. The molecule has 0 radical (unpaired) electrons. The predicted molar refractivity (Wildman–Crippen MR) is 222 cm³/mol. The number of benzene rings is 4. The number of hydrogen-bond donors (Lipinski definition) is 4. The van der Waals surface area contributed by atoms with Gasteiger partial charge in [-0.3, -0.25) is 39.4 Å². The topological polar surface area (TPSA) is 255 Å². The SMILES string of the molecule is Cn1cc(C2=C(c3cn(C)c4cc([N+](=O)[O-])ccc34)C(=O)N(N3C(=O)C(c4c[nH]c5cc(N)ccc45)=C(c4c[nH]c5cc(N)ccc45)C3=O)C2=O)c2ccc([N+](=O)[O-])cc21. The van der Waals surface area contributed by atoms with Gasteiger partial charge >= 0.3 is 0 Å². The molecule has 8 aromatic rings. The molecule has 2 aliphatic rings. The van der Waals surface area contributed by atoms with Crippen LogP contribution in [0.2, 0.25) is 0 Å². The van der Waals surface area contributed by atoms with Crippen molar-refractivity contribution in [3.63, 3.8) is 0 Å². The van der Waals surface area contributed by atoms with E-state index in [2.05, 4.69) is 9.97 Å². The molecule has 60 heavy (non-hydrogen) atoms. The van der Waals surface area contributed by atoms with E-state index in [0.717, 1.165) is 0 Å². The fraction of sp³-hybridized carbons (Fsp3) is 0.0476. The molecule has 0 saturated carbocycles. The van der Waals surface area contributed by atoms with Crippen LogP contribution in [0.4, 0.5) is 22.7 Å². The number of rotatable bonds is 7. The number of hydrazine groups is 1. The van der Waals surface area contributed by atoms with Crippen molar-refractivity contribution in [3.8, 4) is 0 Å². The number of nitrogens with two attached hydrogens (primary N) is 2. The van der Waals surface area contributed by atoms with Gasteiger partial charge in [0.2, 0.25) is 0 Å². The zero-order valence-electron chi connectivity index (χ0n) is 31.3. The van der Waals surface area contributed by atoms with Crippen molar-refractivity contribution in [2.75, 3.05) is 11.5 Å². The van der Waals surface area contributed by atoms with Crippen molar-refractivity contribution in [1.82, 2.24) is 29.1 Å². The van der Waals surface area contributed by atoms with Crippen molar-refractivity contribution >= 4 is 112 Å². The number of aromatic nitrogens is 4. The van der Waals surface area contributed by atoms with E-state index in [9.17, 15) is 20.2 Å². The number of non-ortho nitro benzene ring substituents is 2. The van der Waals surface area contributed by atoms with Crippen LogP contribution in [0.5, 0.6) is 0 Å². The van der Waals surface area contributed by atoms with Crippen molar-refractivity contribution < 1.29 is 29.0 Å². The molecule has 0 spiro atoms. The summed E-state index contributed by atoms with van der Waals surface area (Å²) in [6.07, 6.45) is 6.17. The molecule has 0 fully saturated rings. The summed E-state index contributed by atoms with van der Waals surface area (Å²) in [7, 11) is 3.23. The molecule has 18 heteroatoms. The summed E-state index contributed by atoms with van der Waals surface area (Å²) < 4.78 is 3.12. The molecule has 2 aliphatic heterocycles. The molecular formula is C42H28N10O8. The number of hydrogen-bond acceptors (Lipinski definition) is 10. The number of imide groups is 2. The average molecular weight is 801 g/mol. The second-order valence-corrected chi connectivity index (χ2v) is 14.6. The van der Waals surface area contributed by atoms with Crippen LogP contribution in [0.15, 0.2) is 97.6 Å². The quantitative estimate of drug-likeness (QED) is 0.0653. The standard InChI is InChI=1S/C42H28N10O8/c1-47-17-29(25-9-5-21(51(57)58)13-33(25)47)37-38(30-18-48(2)34-14-22(52(59)60)6-10-26(30)34)42(56)50(41(37)55)49-39(53)35(27-15-45-31-11-19(43)3-7-23(27)31)36(40(49)54)28-16-46-32-12-20(44)4-8-24(28)32/h3-18,45-46H,43-44H2,1-2H3. The Kier molecular flexibility index (Phi) is 7.33. The van der Waals surface area contributed by atoms with Crippen LogP contribution in [-0.2, 0) is 33.3 Å². The monoisotopic (exact) mass is 800 g/mol. The van der Waals surface area contributed by atoms with Gasteiger partial charge in [0.15, 0.2) is 0 Å². The van der Waals surface area contributed by atoms with E-state index in [1.54, 1.807) is 72.0 Å². The second-order valence-electron chi connectivity index (χ2n) is 14.6. The Labute approximate surface area is 335 Å². The zero-order chi connectivity index (χ0) is 42.0. The number of nitro groups is 2. The number of amides is 4. The predicted octanol–water partition coefficient (Wildman–Crippen LogP) is 5.79. The van der Waals surface area contributed by atoms with Crippen LogP contribution in [0.25, 0.3) is 65.9 Å². The molecule has 18 nitrogen and oxygen atoms in total. The third kappa shape index (κ3) is 4.87. The van der Waals surface area contributed by atoms with Gasteiger partial charge in [0.1, 0.15) is 0 Å². The van der Waals surface area contributed by atoms with Crippen LogP contribution >= 0.6 is 0 Å². The first-order valence-corrected chi connectivity index (χ1v) is 18.2. The molecule has 0 saturated heterocycles. The molecule has 0 atom stereocenters. The molecule has 4 aromatic heterocycles. The summed E-state index contributed by atoms with van der Waals surface area (Å²) in [5, 5.41) is 26.4. The lowest BCUT2D eigenvalue weighted by atomic mass is 9.95. The smallest absolute Gasteiger partial charge is 0.281 e. The zero-order valence-corrected chi connectivity index (χ0v) is 31.3. The van der Waals surface area contributed by atoms with Crippen LogP contribution in [-0.4, -0.2) is 62.6 Å². The average Bonchev–Trinajstić information content (AvgIpc) is 4.05. The number of aryl methyl sites for hydroxylation is 2.